The van der Waals surface area contributed by atoms with Crippen LogP contribution in [0.3, 0.4) is 0 Å². The third kappa shape index (κ3) is 2.19. The van der Waals surface area contributed by atoms with Crippen LogP contribution in [0.15, 0.2) is 29.1 Å². The van der Waals surface area contributed by atoms with Gasteiger partial charge in [0.1, 0.15) is 5.82 Å². The predicted octanol–water partition coefficient (Wildman–Crippen LogP) is 1.97. The van der Waals surface area contributed by atoms with Crippen LogP contribution in [0.2, 0.25) is 0 Å². The number of halogens is 1. The molecule has 0 saturated carbocycles. The fourth-order valence-electron chi connectivity index (χ4n) is 2.42. The van der Waals surface area contributed by atoms with Crippen molar-refractivity contribution in [3.63, 3.8) is 0 Å². The van der Waals surface area contributed by atoms with Crippen molar-refractivity contribution in [1.82, 2.24) is 4.98 Å². The van der Waals surface area contributed by atoms with E-state index in [1.807, 2.05) is 27.7 Å². The van der Waals surface area contributed by atoms with Crippen LogP contribution in [0.25, 0.3) is 10.9 Å². The Morgan fingerprint density at radius 1 is 1.05 bits per heavy atom. The number of aromatic amines is 1. The van der Waals surface area contributed by atoms with Gasteiger partial charge in [0.05, 0.1) is 16.7 Å². The Hall–Kier alpha value is -1.66. The first-order chi connectivity index (χ1) is 9.71. The minimum Gasteiger partial charge on any atom is -0.399 e. The van der Waals surface area contributed by atoms with Crippen LogP contribution in [0.4, 0.5) is 4.39 Å². The lowest BCUT2D eigenvalue weighted by Crippen LogP contribution is -2.41. The maximum atomic E-state index is 13.9. The summed E-state index contributed by atoms with van der Waals surface area (Å²) in [7, 11) is -0.594. The first-order valence-corrected chi connectivity index (χ1v) is 6.88. The van der Waals surface area contributed by atoms with Crippen LogP contribution in [-0.4, -0.2) is 23.3 Å². The van der Waals surface area contributed by atoms with Gasteiger partial charge in [-0.1, -0.05) is 6.07 Å². The number of aromatic nitrogens is 1. The number of rotatable bonds is 1. The lowest BCUT2D eigenvalue weighted by Gasteiger charge is -2.32. The van der Waals surface area contributed by atoms with Crippen molar-refractivity contribution in [2.75, 3.05) is 0 Å². The van der Waals surface area contributed by atoms with Crippen molar-refractivity contribution in [2.45, 2.75) is 38.9 Å². The van der Waals surface area contributed by atoms with Crippen LogP contribution in [0, 0.1) is 5.82 Å². The number of H-pyrrole nitrogens is 1. The molecule has 0 amide bonds. The van der Waals surface area contributed by atoms with E-state index in [9.17, 15) is 9.18 Å². The number of fused-ring (bicyclic) bond motifs is 1. The van der Waals surface area contributed by atoms with E-state index >= 15 is 0 Å². The lowest BCUT2D eigenvalue weighted by molar-refractivity contribution is 0.00578. The highest BCUT2D eigenvalue weighted by molar-refractivity contribution is 6.65. The molecule has 21 heavy (non-hydrogen) atoms. The molecule has 4 nitrogen and oxygen atoms in total. The Labute approximate surface area is 122 Å². The van der Waals surface area contributed by atoms with Gasteiger partial charge in [-0.05, 0) is 45.3 Å². The number of hydrogen-bond donors (Lipinski definition) is 1. The summed E-state index contributed by atoms with van der Waals surface area (Å²) in [6.45, 7) is 7.84. The fourth-order valence-corrected chi connectivity index (χ4v) is 2.42. The standard InChI is InChI=1S/C15H17BFNO3/c1-14(2)15(3,4)21-16(20-14)10-6-7-11(17)13-9(10)5-8-12(19)18-13/h5-8H,1-4H3,(H,18,19). The molecule has 1 N–H and O–H groups in total. The van der Waals surface area contributed by atoms with Gasteiger partial charge in [0.25, 0.3) is 0 Å². The predicted molar refractivity (Wildman–Crippen MR) is 80.2 cm³/mol. The Morgan fingerprint density at radius 2 is 1.67 bits per heavy atom. The molecule has 6 heteroatoms. The van der Waals surface area contributed by atoms with Crippen LogP contribution < -0.4 is 11.0 Å². The normalized spacial score (nSPS) is 20.1. The van der Waals surface area contributed by atoms with Gasteiger partial charge in [0.2, 0.25) is 5.56 Å². The molecule has 0 aliphatic carbocycles. The Morgan fingerprint density at radius 3 is 2.29 bits per heavy atom. The molecule has 2 aromatic rings. The van der Waals surface area contributed by atoms with Gasteiger partial charge in [-0.25, -0.2) is 4.39 Å². The largest absolute Gasteiger partial charge is 0.495 e. The lowest BCUT2D eigenvalue weighted by atomic mass is 9.76. The van der Waals surface area contributed by atoms with Crippen molar-refractivity contribution in [3.8, 4) is 0 Å². The second kappa shape index (κ2) is 4.42. The minimum absolute atomic E-state index is 0.176. The molecule has 0 radical (unpaired) electrons. The second-order valence-corrected chi connectivity index (χ2v) is 6.34. The zero-order valence-electron chi connectivity index (χ0n) is 12.5. The first-order valence-electron chi connectivity index (χ1n) is 6.88. The summed E-state index contributed by atoms with van der Waals surface area (Å²) in [5.74, 6) is -0.469. The smallest absolute Gasteiger partial charge is 0.399 e. The summed E-state index contributed by atoms with van der Waals surface area (Å²) >= 11 is 0. The monoisotopic (exact) mass is 289 g/mol. The van der Waals surface area contributed by atoms with Gasteiger partial charge in [-0.2, -0.15) is 0 Å². The van der Waals surface area contributed by atoms with Gasteiger partial charge >= 0.3 is 7.12 Å². The third-order valence-corrected chi connectivity index (χ3v) is 4.39. The maximum Gasteiger partial charge on any atom is 0.495 e. The van der Waals surface area contributed by atoms with E-state index in [4.69, 9.17) is 9.31 Å². The van der Waals surface area contributed by atoms with Gasteiger partial charge in [-0.3, -0.25) is 4.79 Å². The molecule has 0 atom stereocenters. The highest BCUT2D eigenvalue weighted by Crippen LogP contribution is 2.36. The third-order valence-electron chi connectivity index (χ3n) is 4.39. The highest BCUT2D eigenvalue weighted by atomic mass is 19.1. The average molecular weight is 289 g/mol. The molecule has 1 aromatic carbocycles. The Balaban J connectivity index is 2.15. The van der Waals surface area contributed by atoms with Gasteiger partial charge < -0.3 is 14.3 Å². The van der Waals surface area contributed by atoms with Crippen LogP contribution in [-0.2, 0) is 9.31 Å². The Bertz CT molecular complexity index is 753. The van der Waals surface area contributed by atoms with E-state index in [1.165, 1.54) is 12.1 Å². The van der Waals surface area contributed by atoms with Crippen LogP contribution in [0.1, 0.15) is 27.7 Å². The molecule has 1 fully saturated rings. The van der Waals surface area contributed by atoms with E-state index in [2.05, 4.69) is 4.98 Å². The van der Waals surface area contributed by atoms with Crippen molar-refractivity contribution in [1.29, 1.82) is 0 Å². The summed E-state index contributed by atoms with van der Waals surface area (Å²) in [5, 5.41) is 0.591. The second-order valence-electron chi connectivity index (χ2n) is 6.34. The summed E-state index contributed by atoms with van der Waals surface area (Å²) in [6, 6.07) is 5.92. The quantitative estimate of drug-likeness (QED) is 0.817. The molecule has 1 aliphatic rings. The van der Waals surface area contributed by atoms with Gasteiger partial charge in [0, 0.05) is 11.5 Å². The molecule has 1 aliphatic heterocycles. The van der Waals surface area contributed by atoms with Gasteiger partial charge in [0.15, 0.2) is 0 Å². The zero-order valence-corrected chi connectivity index (χ0v) is 12.5. The number of pyridine rings is 1. The Kier molecular flexibility index (Phi) is 3.01. The van der Waals surface area contributed by atoms with E-state index in [0.29, 0.717) is 10.8 Å². The van der Waals surface area contributed by atoms with Crippen molar-refractivity contribution in [3.05, 3.63) is 40.4 Å². The average Bonchev–Trinajstić information content (AvgIpc) is 2.59. The van der Waals surface area contributed by atoms with Crippen LogP contribution >= 0.6 is 0 Å². The molecule has 0 spiro atoms. The number of nitrogens with one attached hydrogen (secondary N) is 1. The first kappa shape index (κ1) is 14.3. The van der Waals surface area contributed by atoms with E-state index in [-0.39, 0.29) is 11.1 Å². The molecule has 1 saturated heterocycles. The summed E-state index contributed by atoms with van der Waals surface area (Å²) in [5.41, 5.74) is -0.398. The summed E-state index contributed by atoms with van der Waals surface area (Å²) < 4.78 is 25.9. The fraction of sp³-hybridized carbons (Fsp3) is 0.400. The zero-order chi connectivity index (χ0) is 15.4. The maximum absolute atomic E-state index is 13.9. The molecule has 2 heterocycles. The number of benzene rings is 1. The number of hydrogen-bond acceptors (Lipinski definition) is 3. The van der Waals surface area contributed by atoms with Crippen molar-refractivity contribution in [2.24, 2.45) is 0 Å². The van der Waals surface area contributed by atoms with E-state index in [0.717, 1.165) is 0 Å². The molecular weight excluding hydrogens is 272 g/mol. The molecular formula is C15H17BFNO3. The highest BCUT2D eigenvalue weighted by Gasteiger charge is 2.52. The minimum atomic E-state index is -0.594. The molecule has 110 valence electrons. The van der Waals surface area contributed by atoms with Crippen molar-refractivity contribution >= 4 is 23.5 Å². The SMILES string of the molecule is CC1(C)OB(c2ccc(F)c3[nH]c(=O)ccc23)OC1(C)C. The van der Waals surface area contributed by atoms with E-state index < -0.39 is 24.1 Å². The summed E-state index contributed by atoms with van der Waals surface area (Å²) in [6.07, 6.45) is 0. The van der Waals surface area contributed by atoms with Crippen molar-refractivity contribution < 1.29 is 13.7 Å². The molecule has 0 unspecified atom stereocenters. The van der Waals surface area contributed by atoms with Crippen LogP contribution in [0.5, 0.6) is 0 Å². The van der Waals surface area contributed by atoms with E-state index in [1.54, 1.807) is 12.1 Å². The molecule has 1 aromatic heterocycles. The topological polar surface area (TPSA) is 51.3 Å². The van der Waals surface area contributed by atoms with Gasteiger partial charge in [-0.15, -0.1) is 0 Å². The summed E-state index contributed by atoms with van der Waals surface area (Å²) in [4.78, 5) is 13.9. The molecule has 3 rings (SSSR count). The molecule has 0 bridgehead atoms.